The molecule has 1 amide bonds. The summed E-state index contributed by atoms with van der Waals surface area (Å²) in [7, 11) is 0. The fourth-order valence-corrected chi connectivity index (χ4v) is 4.76. The number of hydrogen-bond acceptors (Lipinski definition) is 6. The normalized spacial score (nSPS) is 28.2. The van der Waals surface area contributed by atoms with Crippen molar-refractivity contribution in [2.75, 3.05) is 57.4 Å². The maximum Gasteiger partial charge on any atom is 0.227 e. The first-order valence-corrected chi connectivity index (χ1v) is 10.7. The van der Waals surface area contributed by atoms with Crippen molar-refractivity contribution in [3.63, 3.8) is 0 Å². The maximum absolute atomic E-state index is 13.3. The summed E-state index contributed by atoms with van der Waals surface area (Å²) < 4.78 is 5.52. The molecule has 0 radical (unpaired) electrons. The number of ether oxygens (including phenoxy) is 1. The highest BCUT2D eigenvalue weighted by molar-refractivity contribution is 5.79. The van der Waals surface area contributed by atoms with Gasteiger partial charge in [-0.1, -0.05) is 6.07 Å². The largest absolute Gasteiger partial charge is 0.381 e. The minimum Gasteiger partial charge on any atom is -0.381 e. The minimum atomic E-state index is 0.0674. The van der Waals surface area contributed by atoms with E-state index in [9.17, 15) is 4.79 Å². The first-order chi connectivity index (χ1) is 13.7. The Balaban J connectivity index is 1.35. The number of pyridine rings is 1. The third kappa shape index (κ3) is 4.64. The number of nitrogens with zero attached hydrogens (tertiary/aromatic N) is 4. The van der Waals surface area contributed by atoms with Crippen molar-refractivity contribution in [2.24, 2.45) is 11.7 Å². The molecule has 0 aromatic carbocycles. The maximum atomic E-state index is 13.3. The van der Waals surface area contributed by atoms with E-state index in [0.717, 1.165) is 84.0 Å². The number of anilines is 1. The molecule has 0 spiro atoms. The second kappa shape index (κ2) is 9.20. The number of carbonyl (C=O) groups is 1. The van der Waals surface area contributed by atoms with Crippen LogP contribution < -0.4 is 10.6 Å². The highest BCUT2D eigenvalue weighted by atomic mass is 16.5. The zero-order valence-electron chi connectivity index (χ0n) is 16.7. The molecule has 0 unspecified atom stereocenters. The van der Waals surface area contributed by atoms with Crippen molar-refractivity contribution >= 4 is 11.7 Å². The first kappa shape index (κ1) is 19.6. The van der Waals surface area contributed by atoms with Gasteiger partial charge < -0.3 is 20.3 Å². The number of piperazine rings is 1. The predicted molar refractivity (Wildman–Crippen MR) is 109 cm³/mol. The molecule has 154 valence electrons. The summed E-state index contributed by atoms with van der Waals surface area (Å²) in [6, 6.07) is 6.66. The Morgan fingerprint density at radius 2 is 1.82 bits per heavy atom. The van der Waals surface area contributed by atoms with Crippen molar-refractivity contribution < 1.29 is 9.53 Å². The van der Waals surface area contributed by atoms with Crippen LogP contribution in [0.3, 0.4) is 0 Å². The summed E-state index contributed by atoms with van der Waals surface area (Å²) in [5.41, 5.74) is 6.34. The summed E-state index contributed by atoms with van der Waals surface area (Å²) in [6.45, 7) is 6.64. The van der Waals surface area contributed by atoms with E-state index in [4.69, 9.17) is 10.5 Å². The van der Waals surface area contributed by atoms with Gasteiger partial charge in [0.15, 0.2) is 0 Å². The van der Waals surface area contributed by atoms with E-state index in [1.807, 2.05) is 24.4 Å². The first-order valence-electron chi connectivity index (χ1n) is 10.7. The molecule has 1 aromatic rings. The average molecular weight is 388 g/mol. The average Bonchev–Trinajstić information content (AvgIpc) is 2.96. The Morgan fingerprint density at radius 3 is 2.54 bits per heavy atom. The van der Waals surface area contributed by atoms with Crippen molar-refractivity contribution in [1.82, 2.24) is 14.8 Å². The lowest BCUT2D eigenvalue weighted by molar-refractivity contribution is -0.136. The zero-order chi connectivity index (χ0) is 19.3. The molecule has 3 fully saturated rings. The standard InChI is InChI=1S/C21H33N5O2/c22-18-5-4-17(15-26(16-18)19-6-13-28-14-7-19)21(27)25-11-9-24(10-12-25)20-3-1-2-8-23-20/h1-3,8,17-19H,4-7,9-16,22H2/t17-,18+/m1/s1. The van der Waals surface area contributed by atoms with Gasteiger partial charge >= 0.3 is 0 Å². The number of amides is 1. The number of nitrogens with two attached hydrogens (primary N) is 1. The number of carbonyl (C=O) groups excluding carboxylic acids is 1. The molecule has 2 N–H and O–H groups in total. The van der Waals surface area contributed by atoms with Crippen molar-refractivity contribution in [1.29, 1.82) is 0 Å². The third-order valence-corrected chi connectivity index (χ3v) is 6.43. The van der Waals surface area contributed by atoms with Crippen molar-refractivity contribution in [2.45, 2.75) is 37.8 Å². The molecule has 4 heterocycles. The lowest BCUT2D eigenvalue weighted by Crippen LogP contribution is -2.52. The highest BCUT2D eigenvalue weighted by Crippen LogP contribution is 2.24. The van der Waals surface area contributed by atoms with E-state index in [2.05, 4.69) is 19.7 Å². The van der Waals surface area contributed by atoms with Gasteiger partial charge in [-0.25, -0.2) is 4.98 Å². The fraction of sp³-hybridized carbons (Fsp3) is 0.714. The van der Waals surface area contributed by atoms with Crippen LogP contribution in [-0.4, -0.2) is 85.3 Å². The number of aromatic nitrogens is 1. The summed E-state index contributed by atoms with van der Waals surface area (Å²) in [6.07, 6.45) is 5.77. The van der Waals surface area contributed by atoms with E-state index < -0.39 is 0 Å². The topological polar surface area (TPSA) is 74.9 Å². The van der Waals surface area contributed by atoms with Crippen LogP contribution in [0.2, 0.25) is 0 Å². The van der Waals surface area contributed by atoms with Crippen LogP contribution in [-0.2, 0) is 9.53 Å². The SMILES string of the molecule is N[C@H]1CC[C@@H](C(=O)N2CCN(c3ccccn3)CC2)CN(C2CCOCC2)C1. The molecule has 3 aliphatic rings. The Hall–Kier alpha value is -1.70. The van der Waals surface area contributed by atoms with Crippen LogP contribution in [0.5, 0.6) is 0 Å². The second-order valence-electron chi connectivity index (χ2n) is 8.33. The third-order valence-electron chi connectivity index (χ3n) is 6.43. The molecule has 3 saturated heterocycles. The summed E-state index contributed by atoms with van der Waals surface area (Å²) in [4.78, 5) is 24.5. The Labute approximate surface area is 167 Å². The van der Waals surface area contributed by atoms with E-state index in [1.165, 1.54) is 0 Å². The van der Waals surface area contributed by atoms with Crippen LogP contribution in [0.25, 0.3) is 0 Å². The zero-order valence-corrected chi connectivity index (χ0v) is 16.7. The van der Waals surface area contributed by atoms with Crippen LogP contribution in [0.1, 0.15) is 25.7 Å². The highest BCUT2D eigenvalue weighted by Gasteiger charge is 2.34. The van der Waals surface area contributed by atoms with Crippen LogP contribution in [0.15, 0.2) is 24.4 Å². The molecule has 7 heteroatoms. The number of rotatable bonds is 3. The molecule has 3 aliphatic heterocycles. The van der Waals surface area contributed by atoms with Gasteiger partial charge in [0.05, 0.1) is 5.92 Å². The van der Waals surface area contributed by atoms with E-state index >= 15 is 0 Å². The molecule has 4 rings (SSSR count). The minimum absolute atomic E-state index is 0.0674. The molecule has 2 atom stereocenters. The van der Waals surface area contributed by atoms with Gasteiger partial charge in [-0.05, 0) is 37.8 Å². The van der Waals surface area contributed by atoms with Crippen LogP contribution in [0, 0.1) is 5.92 Å². The Kier molecular flexibility index (Phi) is 6.44. The Bertz CT molecular complexity index is 629. The lowest BCUT2D eigenvalue weighted by atomic mass is 9.99. The number of hydrogen-bond donors (Lipinski definition) is 1. The molecule has 0 saturated carbocycles. The monoisotopic (exact) mass is 387 g/mol. The molecule has 28 heavy (non-hydrogen) atoms. The molecular formula is C21H33N5O2. The molecule has 0 bridgehead atoms. The molecular weight excluding hydrogens is 354 g/mol. The van der Waals surface area contributed by atoms with Gasteiger partial charge in [-0.3, -0.25) is 9.69 Å². The van der Waals surface area contributed by atoms with E-state index in [0.29, 0.717) is 11.9 Å². The van der Waals surface area contributed by atoms with Crippen LogP contribution >= 0.6 is 0 Å². The van der Waals surface area contributed by atoms with Gasteiger partial charge in [0.2, 0.25) is 5.91 Å². The molecule has 1 aromatic heterocycles. The van der Waals surface area contributed by atoms with Gasteiger partial charge in [-0.2, -0.15) is 0 Å². The summed E-state index contributed by atoms with van der Waals surface area (Å²) >= 11 is 0. The lowest BCUT2D eigenvalue weighted by Gasteiger charge is -2.39. The van der Waals surface area contributed by atoms with Crippen LogP contribution in [0.4, 0.5) is 5.82 Å². The van der Waals surface area contributed by atoms with Crippen molar-refractivity contribution in [3.05, 3.63) is 24.4 Å². The van der Waals surface area contributed by atoms with Gasteiger partial charge in [0, 0.05) is 70.8 Å². The smallest absolute Gasteiger partial charge is 0.227 e. The van der Waals surface area contributed by atoms with E-state index in [1.54, 1.807) is 0 Å². The van der Waals surface area contributed by atoms with Gasteiger partial charge in [-0.15, -0.1) is 0 Å². The number of likely N-dealkylation sites (tertiary alicyclic amines) is 1. The fourth-order valence-electron chi connectivity index (χ4n) is 4.76. The molecule has 0 aliphatic carbocycles. The second-order valence-corrected chi connectivity index (χ2v) is 8.33. The predicted octanol–water partition coefficient (Wildman–Crippen LogP) is 0.949. The van der Waals surface area contributed by atoms with Gasteiger partial charge in [0.1, 0.15) is 5.82 Å². The van der Waals surface area contributed by atoms with E-state index in [-0.39, 0.29) is 12.0 Å². The quantitative estimate of drug-likeness (QED) is 0.832. The molecule has 7 nitrogen and oxygen atoms in total. The summed E-state index contributed by atoms with van der Waals surface area (Å²) in [5.74, 6) is 1.38. The van der Waals surface area contributed by atoms with Gasteiger partial charge in [0.25, 0.3) is 0 Å². The Morgan fingerprint density at radius 1 is 1.04 bits per heavy atom. The van der Waals surface area contributed by atoms with Crippen molar-refractivity contribution in [3.8, 4) is 0 Å². The summed E-state index contributed by atoms with van der Waals surface area (Å²) in [5, 5.41) is 0.